The first-order valence-electron chi connectivity index (χ1n) is 8.58. The molecule has 2 aromatic rings. The fourth-order valence-electron chi connectivity index (χ4n) is 3.07. The van der Waals surface area contributed by atoms with Crippen molar-refractivity contribution in [1.82, 2.24) is 4.98 Å². The molecule has 1 amide bonds. The summed E-state index contributed by atoms with van der Waals surface area (Å²) in [6.45, 7) is -1.29. The second kappa shape index (κ2) is 7.96. The van der Waals surface area contributed by atoms with E-state index in [9.17, 15) is 18.0 Å². The minimum atomic E-state index is -2.90. The number of hydrogen-bond donors (Lipinski definition) is 1. The van der Waals surface area contributed by atoms with Crippen molar-refractivity contribution in [3.63, 3.8) is 0 Å². The summed E-state index contributed by atoms with van der Waals surface area (Å²) in [7, 11) is 0. The van der Waals surface area contributed by atoms with Gasteiger partial charge >= 0.3 is 6.61 Å². The Bertz CT molecular complexity index is 858. The van der Waals surface area contributed by atoms with Gasteiger partial charge in [0.25, 0.3) is 5.91 Å². The van der Waals surface area contributed by atoms with Gasteiger partial charge in [-0.25, -0.2) is 9.37 Å². The average Bonchev–Trinajstić information content (AvgIpc) is 2.65. The Labute approximate surface area is 154 Å². The quantitative estimate of drug-likeness (QED) is 0.833. The van der Waals surface area contributed by atoms with Crippen LogP contribution >= 0.6 is 0 Å². The summed E-state index contributed by atoms with van der Waals surface area (Å²) in [5.41, 5.74) is 7.47. The smallest absolute Gasteiger partial charge is 0.345 e. The Kier molecular flexibility index (Phi) is 5.65. The van der Waals surface area contributed by atoms with E-state index in [1.165, 1.54) is 12.1 Å². The van der Waals surface area contributed by atoms with Crippen LogP contribution in [0.5, 0.6) is 5.88 Å². The highest BCUT2D eigenvalue weighted by Gasteiger charge is 2.27. The van der Waals surface area contributed by atoms with Crippen molar-refractivity contribution in [3.8, 4) is 17.0 Å². The zero-order chi connectivity index (χ0) is 19.6. The molecule has 5 nitrogen and oxygen atoms in total. The molecule has 0 saturated carbocycles. The number of alkyl halides is 2. The van der Waals surface area contributed by atoms with Gasteiger partial charge in [-0.1, -0.05) is 19.1 Å². The van der Waals surface area contributed by atoms with Gasteiger partial charge in [0, 0.05) is 11.1 Å². The molecule has 2 N–H and O–H groups in total. The average molecular weight is 380 g/mol. The van der Waals surface area contributed by atoms with Crippen LogP contribution in [0.25, 0.3) is 11.1 Å². The molecular formula is C19H19F3N2O3. The molecular weight excluding hydrogens is 361 g/mol. The number of hydrogen-bond acceptors (Lipinski definition) is 4. The lowest BCUT2D eigenvalue weighted by atomic mass is 9.93. The third kappa shape index (κ3) is 4.21. The largest absolute Gasteiger partial charge is 0.472 e. The van der Waals surface area contributed by atoms with E-state index in [2.05, 4.69) is 9.72 Å². The summed E-state index contributed by atoms with van der Waals surface area (Å²) < 4.78 is 49.0. The Morgan fingerprint density at radius 2 is 2.15 bits per heavy atom. The van der Waals surface area contributed by atoms with E-state index >= 15 is 0 Å². The highest BCUT2D eigenvalue weighted by Crippen LogP contribution is 2.36. The molecule has 8 heteroatoms. The first-order chi connectivity index (χ1) is 12.9. The lowest BCUT2D eigenvalue weighted by Crippen LogP contribution is -2.30. The maximum absolute atomic E-state index is 14.6. The number of aryl methyl sites for hydroxylation is 1. The van der Waals surface area contributed by atoms with Gasteiger partial charge in [0.05, 0.1) is 6.61 Å². The van der Waals surface area contributed by atoms with Crippen LogP contribution in [-0.2, 0) is 17.6 Å². The molecule has 1 aliphatic rings. The van der Waals surface area contributed by atoms with E-state index in [1.54, 1.807) is 12.1 Å². The van der Waals surface area contributed by atoms with Gasteiger partial charge in [-0.3, -0.25) is 4.79 Å². The van der Waals surface area contributed by atoms with E-state index in [-0.39, 0.29) is 18.2 Å². The van der Waals surface area contributed by atoms with Crippen LogP contribution in [0, 0.1) is 5.82 Å². The third-order valence-corrected chi connectivity index (χ3v) is 4.47. The number of ether oxygens (including phenoxy) is 2. The van der Waals surface area contributed by atoms with Crippen molar-refractivity contribution in [2.45, 2.75) is 38.9 Å². The van der Waals surface area contributed by atoms with E-state index < -0.39 is 24.4 Å². The number of pyridine rings is 1. The summed E-state index contributed by atoms with van der Waals surface area (Å²) in [5, 5.41) is 0. The summed E-state index contributed by atoms with van der Waals surface area (Å²) in [6.07, 6.45) is 0.872. The molecule has 27 heavy (non-hydrogen) atoms. The Morgan fingerprint density at radius 3 is 2.78 bits per heavy atom. The standard InChI is InChI=1S/C19H19F3N2O3/c1-2-10-3-5-12(15(20)7-10)14-8-16(17(23)25)24-18-13(14)6-4-11(27-18)9-26-19(21)22/h3,5,7-8,11,19H,2,4,6,9H2,1H3,(H2,23,25)/t11-/m1/s1. The molecule has 1 atom stereocenters. The third-order valence-electron chi connectivity index (χ3n) is 4.47. The first kappa shape index (κ1) is 19.2. The fourth-order valence-corrected chi connectivity index (χ4v) is 3.07. The summed E-state index contributed by atoms with van der Waals surface area (Å²) in [4.78, 5) is 15.7. The van der Waals surface area contributed by atoms with E-state index in [1.807, 2.05) is 6.92 Å². The number of fused-ring (bicyclic) bond motifs is 1. The maximum Gasteiger partial charge on any atom is 0.345 e. The molecule has 3 rings (SSSR count). The Morgan fingerprint density at radius 1 is 1.37 bits per heavy atom. The molecule has 0 fully saturated rings. The number of carbonyl (C=O) groups is 1. The second-order valence-electron chi connectivity index (χ2n) is 6.24. The molecule has 1 aromatic carbocycles. The van der Waals surface area contributed by atoms with Crippen LogP contribution in [0.2, 0.25) is 0 Å². The summed E-state index contributed by atoms with van der Waals surface area (Å²) in [6, 6.07) is 6.32. The van der Waals surface area contributed by atoms with Gasteiger partial charge in [0.1, 0.15) is 17.6 Å². The first-order valence-corrected chi connectivity index (χ1v) is 8.58. The zero-order valence-electron chi connectivity index (χ0n) is 14.7. The number of halogens is 3. The van der Waals surface area contributed by atoms with Gasteiger partial charge in [0.15, 0.2) is 0 Å². The summed E-state index contributed by atoms with van der Waals surface area (Å²) >= 11 is 0. The van der Waals surface area contributed by atoms with Crippen molar-refractivity contribution in [2.75, 3.05) is 6.61 Å². The normalized spacial score (nSPS) is 16.1. The SMILES string of the molecule is CCc1ccc(-c2cc(C(N)=O)nc3c2CC[C@H](COC(F)F)O3)c(F)c1. The van der Waals surface area contributed by atoms with Crippen molar-refractivity contribution >= 4 is 5.91 Å². The predicted octanol–water partition coefficient (Wildman–Crippen LogP) is 3.48. The van der Waals surface area contributed by atoms with Crippen LogP contribution < -0.4 is 10.5 Å². The number of rotatable bonds is 6. The molecule has 0 aliphatic carbocycles. The van der Waals surface area contributed by atoms with E-state index in [0.29, 0.717) is 36.0 Å². The Hall–Kier alpha value is -2.61. The molecule has 0 bridgehead atoms. The topological polar surface area (TPSA) is 74.4 Å². The number of aromatic nitrogens is 1. The minimum absolute atomic E-state index is 0.0850. The number of nitrogens with zero attached hydrogens (tertiary/aromatic N) is 1. The van der Waals surface area contributed by atoms with Crippen molar-refractivity contribution in [1.29, 1.82) is 0 Å². The monoisotopic (exact) mass is 380 g/mol. The van der Waals surface area contributed by atoms with Crippen LogP contribution in [0.1, 0.15) is 35.0 Å². The number of carbonyl (C=O) groups excluding carboxylic acids is 1. The van der Waals surface area contributed by atoms with Crippen LogP contribution in [0.4, 0.5) is 13.2 Å². The van der Waals surface area contributed by atoms with E-state index in [0.717, 1.165) is 5.56 Å². The molecule has 0 spiro atoms. The molecule has 144 valence electrons. The number of benzene rings is 1. The molecule has 0 radical (unpaired) electrons. The summed E-state index contributed by atoms with van der Waals surface area (Å²) in [5.74, 6) is -1.13. The maximum atomic E-state index is 14.6. The van der Waals surface area contributed by atoms with Crippen molar-refractivity contribution in [3.05, 3.63) is 46.9 Å². The van der Waals surface area contributed by atoms with Crippen LogP contribution in [0.3, 0.4) is 0 Å². The molecule has 1 aliphatic heterocycles. The van der Waals surface area contributed by atoms with Gasteiger partial charge in [-0.15, -0.1) is 0 Å². The van der Waals surface area contributed by atoms with E-state index in [4.69, 9.17) is 10.5 Å². The zero-order valence-corrected chi connectivity index (χ0v) is 14.7. The van der Waals surface area contributed by atoms with Crippen LogP contribution in [-0.4, -0.2) is 30.2 Å². The minimum Gasteiger partial charge on any atom is -0.472 e. The molecule has 0 unspecified atom stereocenters. The van der Waals surface area contributed by atoms with Crippen LogP contribution in [0.15, 0.2) is 24.3 Å². The number of nitrogens with two attached hydrogens (primary N) is 1. The Balaban J connectivity index is 2.02. The molecule has 0 saturated heterocycles. The number of primary amides is 1. The lowest BCUT2D eigenvalue weighted by molar-refractivity contribution is -0.146. The molecule has 1 aromatic heterocycles. The fraction of sp³-hybridized carbons (Fsp3) is 0.368. The van der Waals surface area contributed by atoms with Gasteiger partial charge < -0.3 is 15.2 Å². The highest BCUT2D eigenvalue weighted by molar-refractivity contribution is 5.93. The van der Waals surface area contributed by atoms with Gasteiger partial charge in [-0.2, -0.15) is 8.78 Å². The highest BCUT2D eigenvalue weighted by atomic mass is 19.3. The van der Waals surface area contributed by atoms with Gasteiger partial charge in [-0.05, 0) is 42.5 Å². The lowest BCUT2D eigenvalue weighted by Gasteiger charge is -2.27. The molecule has 2 heterocycles. The van der Waals surface area contributed by atoms with Crippen molar-refractivity contribution in [2.24, 2.45) is 5.73 Å². The van der Waals surface area contributed by atoms with Gasteiger partial charge in [0.2, 0.25) is 5.88 Å². The number of amides is 1. The predicted molar refractivity (Wildman–Crippen MR) is 92.2 cm³/mol. The van der Waals surface area contributed by atoms with Crippen molar-refractivity contribution < 1.29 is 27.4 Å². The second-order valence-corrected chi connectivity index (χ2v) is 6.24.